The molecule has 0 fully saturated rings. The third-order valence-electron chi connectivity index (χ3n) is 3.69. The van der Waals surface area contributed by atoms with Crippen LogP contribution in [-0.4, -0.2) is 29.8 Å². The van der Waals surface area contributed by atoms with Gasteiger partial charge in [0, 0.05) is 17.4 Å². The molecule has 0 bridgehead atoms. The Balaban J connectivity index is 0.000000758. The Labute approximate surface area is 160 Å². The van der Waals surface area contributed by atoms with Gasteiger partial charge < -0.3 is 14.6 Å². The molecule has 0 aliphatic rings. The summed E-state index contributed by atoms with van der Waals surface area (Å²) in [5.74, 6) is 0.897. The van der Waals surface area contributed by atoms with Crippen LogP contribution < -0.4 is 10.1 Å². The third kappa shape index (κ3) is 7.30. The second-order valence-electron chi connectivity index (χ2n) is 5.98. The van der Waals surface area contributed by atoms with Crippen LogP contribution in [0.2, 0.25) is 5.02 Å². The fourth-order valence-corrected chi connectivity index (χ4v) is 2.61. The first kappa shape index (κ1) is 20.0. The number of nitrogens with one attached hydrogen (secondary N) is 1. The van der Waals surface area contributed by atoms with Gasteiger partial charge in [0.1, 0.15) is 11.9 Å². The second-order valence-corrected chi connectivity index (χ2v) is 6.41. The Bertz CT molecular complexity index is 715. The van der Waals surface area contributed by atoms with E-state index in [0.717, 1.165) is 30.2 Å². The molecule has 0 radical (unpaired) electrons. The zero-order valence-electron chi connectivity index (χ0n) is 15.3. The lowest BCUT2D eigenvalue weighted by Gasteiger charge is -2.20. The number of para-hydroxylation sites is 1. The van der Waals surface area contributed by atoms with E-state index in [0.29, 0.717) is 0 Å². The van der Waals surface area contributed by atoms with Crippen molar-refractivity contribution in [1.29, 1.82) is 0 Å². The molecule has 0 amide bonds. The highest BCUT2D eigenvalue weighted by Gasteiger charge is 2.12. The van der Waals surface area contributed by atoms with E-state index in [1.807, 2.05) is 69.1 Å². The van der Waals surface area contributed by atoms with Gasteiger partial charge >= 0.3 is 0 Å². The quantitative estimate of drug-likeness (QED) is 0.666. The van der Waals surface area contributed by atoms with E-state index in [1.54, 1.807) is 6.20 Å². The van der Waals surface area contributed by atoms with Crippen molar-refractivity contribution in [1.82, 2.24) is 14.9 Å². The second kappa shape index (κ2) is 11.3. The smallest absolute Gasteiger partial charge is 0.119 e. The minimum atomic E-state index is 0.0854. The number of hydrogen-bond acceptors (Lipinski definition) is 3. The summed E-state index contributed by atoms with van der Waals surface area (Å²) >= 11 is 5.94. The molecule has 5 heteroatoms. The summed E-state index contributed by atoms with van der Waals surface area (Å²) in [6.45, 7) is 0.780. The Morgan fingerprint density at radius 3 is 2.38 bits per heavy atom. The maximum Gasteiger partial charge on any atom is 0.119 e. The van der Waals surface area contributed by atoms with Gasteiger partial charge in [0.2, 0.25) is 0 Å². The number of hydrogen-bond donors (Lipinski definition) is 1. The lowest BCUT2D eigenvalue weighted by atomic mass is 10.1. The van der Waals surface area contributed by atoms with Crippen LogP contribution in [0.3, 0.4) is 0 Å². The molecule has 1 aromatic heterocycles. The van der Waals surface area contributed by atoms with Gasteiger partial charge in [0.15, 0.2) is 0 Å². The van der Waals surface area contributed by atoms with Crippen molar-refractivity contribution in [2.45, 2.75) is 25.5 Å². The largest absolute Gasteiger partial charge is 0.489 e. The molecule has 26 heavy (non-hydrogen) atoms. The fraction of sp³-hybridized carbons (Fsp3) is 0.286. The van der Waals surface area contributed by atoms with Crippen molar-refractivity contribution < 1.29 is 4.74 Å². The number of nitrogens with zero attached hydrogens (tertiary/aromatic N) is 2. The van der Waals surface area contributed by atoms with Crippen molar-refractivity contribution in [3.8, 4) is 5.75 Å². The number of aryl methyl sites for hydroxylation is 1. The highest BCUT2D eigenvalue weighted by atomic mass is 35.5. The maximum atomic E-state index is 6.16. The number of halogens is 1. The molecule has 4 nitrogen and oxygen atoms in total. The average molecular weight is 372 g/mol. The first-order valence-electron chi connectivity index (χ1n) is 8.71. The van der Waals surface area contributed by atoms with Crippen LogP contribution in [0.4, 0.5) is 0 Å². The van der Waals surface area contributed by atoms with Crippen LogP contribution in [0.15, 0.2) is 73.3 Å². The highest BCUT2D eigenvalue weighted by molar-refractivity contribution is 6.30. The minimum Gasteiger partial charge on any atom is -0.489 e. The number of aromatic nitrogens is 2. The monoisotopic (exact) mass is 371 g/mol. The number of imidazole rings is 1. The zero-order valence-corrected chi connectivity index (χ0v) is 16.1. The highest BCUT2D eigenvalue weighted by Crippen LogP contribution is 2.17. The molecule has 3 rings (SSSR count). The Morgan fingerprint density at radius 1 is 1.08 bits per heavy atom. The number of benzene rings is 2. The van der Waals surface area contributed by atoms with E-state index in [-0.39, 0.29) is 6.10 Å². The summed E-state index contributed by atoms with van der Waals surface area (Å²) < 4.78 is 8.21. The van der Waals surface area contributed by atoms with Crippen molar-refractivity contribution in [3.63, 3.8) is 0 Å². The molecule has 0 saturated carbocycles. The van der Waals surface area contributed by atoms with Crippen LogP contribution in [-0.2, 0) is 13.0 Å². The predicted molar refractivity (Wildman–Crippen MR) is 108 cm³/mol. The van der Waals surface area contributed by atoms with E-state index in [1.165, 1.54) is 5.56 Å². The topological polar surface area (TPSA) is 39.1 Å². The Kier molecular flexibility index (Phi) is 8.73. The Morgan fingerprint density at radius 2 is 1.77 bits per heavy atom. The van der Waals surface area contributed by atoms with E-state index in [4.69, 9.17) is 16.3 Å². The standard InChI is InChI=1S/C19H19ClN2O.C2H7N/c20-17-9-6-16(7-10-17)8-11-19(14-22-13-12-21-15-22)23-18-4-2-1-3-5-18;1-3-2/h1-7,9-10,12-13,15,19H,8,11,14H2;3H,1-2H3. The molecule has 1 N–H and O–H groups in total. The van der Waals surface area contributed by atoms with Crippen molar-refractivity contribution in [3.05, 3.63) is 83.9 Å². The van der Waals surface area contributed by atoms with E-state index in [2.05, 4.69) is 27.0 Å². The summed E-state index contributed by atoms with van der Waals surface area (Å²) in [6, 6.07) is 17.9. The summed E-state index contributed by atoms with van der Waals surface area (Å²) in [4.78, 5) is 4.10. The van der Waals surface area contributed by atoms with Gasteiger partial charge in [0.25, 0.3) is 0 Å². The van der Waals surface area contributed by atoms with Gasteiger partial charge in [-0.05, 0) is 56.8 Å². The van der Waals surface area contributed by atoms with Crippen molar-refractivity contribution in [2.75, 3.05) is 14.1 Å². The van der Waals surface area contributed by atoms with Crippen molar-refractivity contribution >= 4 is 11.6 Å². The van der Waals surface area contributed by atoms with Crippen LogP contribution >= 0.6 is 11.6 Å². The number of ether oxygens (including phenoxy) is 1. The lowest BCUT2D eigenvalue weighted by molar-refractivity contribution is 0.170. The molecule has 138 valence electrons. The van der Waals surface area contributed by atoms with Crippen LogP contribution in [0.1, 0.15) is 12.0 Å². The SMILES string of the molecule is CNC.Clc1ccc(CCC(Cn2ccnc2)Oc2ccccc2)cc1. The molecular formula is C21H26ClN3O. The molecule has 1 heterocycles. The average Bonchev–Trinajstić information content (AvgIpc) is 3.16. The zero-order chi connectivity index (χ0) is 18.6. The first-order chi connectivity index (χ1) is 12.7. The van der Waals surface area contributed by atoms with Gasteiger partial charge in [-0.3, -0.25) is 0 Å². The minimum absolute atomic E-state index is 0.0854. The number of rotatable bonds is 7. The van der Waals surface area contributed by atoms with Gasteiger partial charge in [-0.25, -0.2) is 4.98 Å². The van der Waals surface area contributed by atoms with Gasteiger partial charge in [0.05, 0.1) is 12.9 Å². The van der Waals surface area contributed by atoms with Gasteiger partial charge in [-0.2, -0.15) is 0 Å². The maximum absolute atomic E-state index is 6.16. The Hall–Kier alpha value is -2.30. The molecule has 3 aromatic rings. The van der Waals surface area contributed by atoms with E-state index >= 15 is 0 Å². The molecule has 0 saturated heterocycles. The van der Waals surface area contributed by atoms with Crippen molar-refractivity contribution in [2.24, 2.45) is 0 Å². The molecule has 0 spiro atoms. The third-order valence-corrected chi connectivity index (χ3v) is 3.94. The van der Waals surface area contributed by atoms with Gasteiger partial charge in [-0.1, -0.05) is 41.9 Å². The fourth-order valence-electron chi connectivity index (χ4n) is 2.49. The summed E-state index contributed by atoms with van der Waals surface area (Å²) in [6.07, 6.45) is 7.53. The van der Waals surface area contributed by atoms with Crippen LogP contribution in [0.25, 0.3) is 0 Å². The summed E-state index contributed by atoms with van der Waals surface area (Å²) in [5.41, 5.74) is 1.27. The molecule has 1 atom stereocenters. The van der Waals surface area contributed by atoms with Gasteiger partial charge in [-0.15, -0.1) is 0 Å². The predicted octanol–water partition coefficient (Wildman–Crippen LogP) is 4.45. The molecule has 2 aromatic carbocycles. The van der Waals surface area contributed by atoms with E-state index < -0.39 is 0 Å². The normalized spacial score (nSPS) is 11.3. The molecule has 0 aliphatic heterocycles. The molecular weight excluding hydrogens is 346 g/mol. The summed E-state index contributed by atoms with van der Waals surface area (Å²) in [7, 11) is 3.75. The summed E-state index contributed by atoms with van der Waals surface area (Å²) in [5, 5.41) is 3.52. The molecule has 0 aliphatic carbocycles. The molecule has 1 unspecified atom stereocenters. The lowest BCUT2D eigenvalue weighted by Crippen LogP contribution is -2.23. The van der Waals surface area contributed by atoms with E-state index in [9.17, 15) is 0 Å². The first-order valence-corrected chi connectivity index (χ1v) is 9.09. The van der Waals surface area contributed by atoms with Crippen LogP contribution in [0, 0.1) is 0 Å². The van der Waals surface area contributed by atoms with Crippen LogP contribution in [0.5, 0.6) is 5.75 Å².